The van der Waals surface area contributed by atoms with Crippen LogP contribution in [-0.2, 0) is 43.6 Å². The average molecular weight is 1190 g/mol. The Morgan fingerprint density at radius 1 is 0.628 bits per heavy atom. The van der Waals surface area contributed by atoms with Gasteiger partial charge in [-0.05, 0) is 98.7 Å². The maximum Gasteiger partial charge on any atom is 0.416 e. The van der Waals surface area contributed by atoms with Gasteiger partial charge in [-0.15, -0.1) is 0 Å². The van der Waals surface area contributed by atoms with Crippen molar-refractivity contribution in [2.24, 2.45) is 5.92 Å². The van der Waals surface area contributed by atoms with Gasteiger partial charge in [0.05, 0.1) is 54.4 Å². The molecule has 8 rings (SSSR count). The molecule has 0 aromatic heterocycles. The first-order chi connectivity index (χ1) is 41.0. The number of carbonyl (C=O) groups is 8. The first-order valence-corrected chi connectivity index (χ1v) is 27.2. The summed E-state index contributed by atoms with van der Waals surface area (Å²) in [5, 5.41) is 41.7. The van der Waals surface area contributed by atoms with Crippen LogP contribution in [0.1, 0.15) is 95.2 Å². The lowest BCUT2D eigenvalue weighted by atomic mass is 10.0. The minimum atomic E-state index is -1.65. The number of ether oxygens (including phenoxy) is 7. The van der Waals surface area contributed by atoms with Gasteiger partial charge in [0.2, 0.25) is 11.8 Å². The summed E-state index contributed by atoms with van der Waals surface area (Å²) in [5.41, 5.74) is 2.69. The van der Waals surface area contributed by atoms with Crippen molar-refractivity contribution in [2.45, 2.75) is 104 Å². The van der Waals surface area contributed by atoms with Gasteiger partial charge >= 0.3 is 24.2 Å². The number of carboxylic acid groups (broad SMARTS) is 1. The third kappa shape index (κ3) is 13.5. The van der Waals surface area contributed by atoms with Gasteiger partial charge in [-0.3, -0.25) is 19.2 Å². The summed E-state index contributed by atoms with van der Waals surface area (Å²) in [4.78, 5) is 112. The monoisotopic (exact) mass is 1190 g/mol. The predicted molar refractivity (Wildman–Crippen MR) is 309 cm³/mol. The number of fused-ring (bicyclic) bond motifs is 4. The Labute approximate surface area is 494 Å². The highest BCUT2D eigenvalue weighted by Crippen LogP contribution is 2.44. The normalized spacial score (nSPS) is 18.3. The zero-order chi connectivity index (χ0) is 62.3. The fourth-order valence-electron chi connectivity index (χ4n) is 10.2. The smallest absolute Gasteiger partial charge is 0.416 e. The van der Waals surface area contributed by atoms with Crippen molar-refractivity contribution in [1.29, 1.82) is 0 Å². The van der Waals surface area contributed by atoms with E-state index in [1.54, 1.807) is 70.4 Å². The molecule has 4 aromatic carbocycles. The number of aliphatic hydroxyl groups excluding tert-OH is 2. The number of hydrogen-bond acceptors (Lipinski definition) is 17. The number of alkyl carbamates (subject to hydrolysis) is 1. The lowest BCUT2D eigenvalue weighted by Gasteiger charge is -2.31. The van der Waals surface area contributed by atoms with Gasteiger partial charge in [0.15, 0.2) is 35.5 Å². The molecule has 4 aliphatic rings. The number of nitrogens with zero attached hydrogens (tertiary/aromatic N) is 4. The van der Waals surface area contributed by atoms with E-state index < -0.39 is 84.5 Å². The Bertz CT molecular complexity index is 3420. The highest BCUT2D eigenvalue weighted by Gasteiger charge is 2.47. The quantitative estimate of drug-likeness (QED) is 0.0357. The van der Waals surface area contributed by atoms with Gasteiger partial charge in [-0.25, -0.2) is 29.0 Å². The minimum absolute atomic E-state index is 0.00640. The molecule has 0 saturated carbocycles. The third-order valence-electron chi connectivity index (χ3n) is 14.4. The topological polar surface area (TPSA) is 311 Å². The molecule has 7 amide bonds. The van der Waals surface area contributed by atoms with Crippen molar-refractivity contribution in [3.8, 4) is 23.0 Å². The Morgan fingerprint density at radius 2 is 1.12 bits per heavy atom. The molecular formula is C61H67N7O18. The maximum atomic E-state index is 14.4. The molecule has 4 aliphatic heterocycles. The number of methoxy groups -OCH3 is 2. The molecular weight excluding hydrogens is 1120 g/mol. The molecule has 0 bridgehead atoms. The molecule has 454 valence electrons. The number of nitrogens with one attached hydrogen (secondary N) is 3. The van der Waals surface area contributed by atoms with Crippen LogP contribution in [0.4, 0.5) is 31.4 Å². The van der Waals surface area contributed by atoms with Crippen LogP contribution in [0, 0.1) is 5.92 Å². The second kappa shape index (κ2) is 26.8. The molecule has 25 heteroatoms. The van der Waals surface area contributed by atoms with Crippen LogP contribution in [-0.4, -0.2) is 137 Å². The van der Waals surface area contributed by atoms with Crippen LogP contribution in [0.3, 0.4) is 0 Å². The molecule has 0 aliphatic carbocycles. The van der Waals surface area contributed by atoms with E-state index in [2.05, 4.69) is 29.1 Å². The molecule has 0 saturated heterocycles. The minimum Gasteiger partial charge on any atom is -0.493 e. The van der Waals surface area contributed by atoms with E-state index in [4.69, 9.17) is 33.2 Å². The molecule has 4 heterocycles. The van der Waals surface area contributed by atoms with Gasteiger partial charge in [0.1, 0.15) is 45.1 Å². The van der Waals surface area contributed by atoms with Gasteiger partial charge in [0, 0.05) is 30.2 Å². The van der Waals surface area contributed by atoms with Crippen LogP contribution < -0.4 is 44.7 Å². The van der Waals surface area contributed by atoms with Gasteiger partial charge < -0.3 is 74.2 Å². The lowest BCUT2D eigenvalue weighted by Crippen LogP contribution is -2.53. The summed E-state index contributed by atoms with van der Waals surface area (Å²) < 4.78 is 39.9. The SMILES string of the molecule is C=CCOC(=O)NC(C(=O)NC(C)C(=O)Nc1ccc(COC(=O)N2c3cc(OCc4cc(COc5cc6c(cc5OC)C(=O)N5C=C(C)C[C@H]5[C@H](O)N6C(=O)OCC=C)cc(C(=O)O)c4)c(OC)cc3C(=O)N3C=C(C)C[C@H]3[C@@H]2O)cc1)C(C)C. The number of hydrogen-bond donors (Lipinski definition) is 6. The van der Waals surface area contributed by atoms with Crippen LogP contribution in [0.5, 0.6) is 23.0 Å². The van der Waals surface area contributed by atoms with Gasteiger partial charge in [-0.1, -0.05) is 62.4 Å². The fourth-order valence-corrected chi connectivity index (χ4v) is 10.2. The summed E-state index contributed by atoms with van der Waals surface area (Å²) in [6.45, 7) is 14.4. The Hall–Kier alpha value is -9.88. The van der Waals surface area contributed by atoms with Crippen LogP contribution >= 0.6 is 0 Å². The molecule has 86 heavy (non-hydrogen) atoms. The molecule has 0 fully saturated rings. The molecule has 0 spiro atoms. The van der Waals surface area contributed by atoms with Crippen LogP contribution in [0.2, 0.25) is 0 Å². The third-order valence-corrected chi connectivity index (χ3v) is 14.4. The van der Waals surface area contributed by atoms with Crippen molar-refractivity contribution in [2.75, 3.05) is 42.5 Å². The average Bonchev–Trinajstić information content (AvgIpc) is 1.67. The highest BCUT2D eigenvalue weighted by atomic mass is 16.6. The number of anilines is 3. The molecule has 4 aromatic rings. The molecule has 6 N–H and O–H groups in total. The number of aliphatic hydroxyl groups is 2. The maximum absolute atomic E-state index is 14.4. The first kappa shape index (κ1) is 62.2. The van der Waals surface area contributed by atoms with Crippen molar-refractivity contribution in [3.63, 3.8) is 0 Å². The second-order valence-corrected chi connectivity index (χ2v) is 21.0. The number of amides is 7. The largest absolute Gasteiger partial charge is 0.493 e. The number of aromatic carboxylic acids is 1. The standard InChI is InChI=1S/C61H67N7O18/c1-10-16-82-59(77)64-51(32(3)4)53(70)62-35(7)52(69)63-40-14-12-36(13-15-40)29-86-61(79)68-44-26-50(48(81-9)24-42(44)55(72)66-28-34(6)19-46(66)57(68)74)85-31-38-20-37(21-39(22-38)58(75)76)30-84-49-25-43-41(23-47(49)80-8)54(71)65-27-33(5)18-45(65)56(73)67(43)60(78)83-17-11-2/h10-15,20-28,32,35,45-46,51,56-57,73-74H,1-2,16-19,29-31H2,3-9H3,(H,62,70)(H,63,69)(H,64,77)(H,75,76)/t35?,45-,46-,51?,56-,57-/m0/s1. The van der Waals surface area contributed by atoms with Gasteiger partial charge in [-0.2, -0.15) is 0 Å². The van der Waals surface area contributed by atoms with E-state index in [1.807, 2.05) is 0 Å². The Kier molecular flexibility index (Phi) is 19.4. The van der Waals surface area contributed by atoms with E-state index >= 15 is 0 Å². The number of carboxylic acids is 1. The molecule has 2 unspecified atom stereocenters. The summed E-state index contributed by atoms with van der Waals surface area (Å²) in [5.74, 6) is -3.74. The lowest BCUT2D eigenvalue weighted by molar-refractivity contribution is -0.128. The summed E-state index contributed by atoms with van der Waals surface area (Å²) in [6.07, 6.45) is 0.428. The van der Waals surface area contributed by atoms with E-state index in [-0.39, 0.29) is 103 Å². The zero-order valence-electron chi connectivity index (χ0n) is 48.3. The number of benzene rings is 4. The van der Waals surface area contributed by atoms with E-state index in [9.17, 15) is 53.7 Å². The predicted octanol–water partition coefficient (Wildman–Crippen LogP) is 7.11. The second-order valence-electron chi connectivity index (χ2n) is 21.0. The van der Waals surface area contributed by atoms with E-state index in [1.165, 1.54) is 79.5 Å². The number of carbonyl (C=O) groups excluding carboxylic acids is 7. The Balaban J connectivity index is 0.998. The summed E-state index contributed by atoms with van der Waals surface area (Å²) in [6, 6.07) is 12.3. The highest BCUT2D eigenvalue weighted by molar-refractivity contribution is 6.08. The van der Waals surface area contributed by atoms with Crippen molar-refractivity contribution < 1.29 is 86.8 Å². The molecule has 0 radical (unpaired) electrons. The van der Waals surface area contributed by atoms with E-state index in [0.717, 1.165) is 20.9 Å². The van der Waals surface area contributed by atoms with E-state index in [0.29, 0.717) is 22.4 Å². The fraction of sp³-hybridized carbons (Fsp3) is 0.344. The summed E-state index contributed by atoms with van der Waals surface area (Å²) >= 11 is 0. The molecule has 25 nitrogen and oxygen atoms in total. The van der Waals surface area contributed by atoms with Crippen molar-refractivity contribution >= 4 is 64.9 Å². The number of rotatable bonds is 21. The Morgan fingerprint density at radius 3 is 1.58 bits per heavy atom. The van der Waals surface area contributed by atoms with Crippen molar-refractivity contribution in [1.82, 2.24) is 20.4 Å². The van der Waals surface area contributed by atoms with Crippen molar-refractivity contribution in [3.05, 3.63) is 149 Å². The van der Waals surface area contributed by atoms with Crippen LogP contribution in [0.25, 0.3) is 0 Å². The summed E-state index contributed by atoms with van der Waals surface area (Å²) in [7, 11) is 2.68. The van der Waals surface area contributed by atoms with Gasteiger partial charge in [0.25, 0.3) is 11.8 Å². The first-order valence-electron chi connectivity index (χ1n) is 27.2. The molecule has 6 atom stereocenters. The van der Waals surface area contributed by atoms with Crippen LogP contribution in [0.15, 0.2) is 116 Å². The zero-order valence-corrected chi connectivity index (χ0v) is 48.3.